The molecule has 1 saturated heterocycles. The van der Waals surface area contributed by atoms with Crippen molar-refractivity contribution < 1.29 is 8.78 Å². The Labute approximate surface area is 87.7 Å². The van der Waals surface area contributed by atoms with Gasteiger partial charge in [-0.15, -0.1) is 0 Å². The minimum atomic E-state index is -0.513. The summed E-state index contributed by atoms with van der Waals surface area (Å²) in [5.74, 6) is -0.481. The van der Waals surface area contributed by atoms with Crippen LogP contribution in [0.1, 0.15) is 5.56 Å². The lowest BCUT2D eigenvalue weighted by molar-refractivity contribution is 0.0977. The van der Waals surface area contributed by atoms with E-state index in [-0.39, 0.29) is 0 Å². The Bertz CT molecular complexity index is 328. The molecule has 0 aromatic heterocycles. The van der Waals surface area contributed by atoms with Crippen LogP contribution >= 0.6 is 0 Å². The average Bonchev–Trinajstić information content (AvgIpc) is 2.08. The molecule has 2 N–H and O–H groups in total. The number of rotatable bonds is 3. The Morgan fingerprint density at radius 2 is 1.80 bits per heavy atom. The first-order valence-corrected chi connectivity index (χ1v) is 5.05. The third kappa shape index (κ3) is 2.52. The Morgan fingerprint density at radius 1 is 1.20 bits per heavy atom. The van der Waals surface area contributed by atoms with Gasteiger partial charge in [0.15, 0.2) is 0 Å². The van der Waals surface area contributed by atoms with Crippen LogP contribution in [0.4, 0.5) is 8.78 Å². The van der Waals surface area contributed by atoms with Crippen LogP contribution in [0.5, 0.6) is 0 Å². The standard InChI is InChI=1S/C11H14F2N2/c12-10-1-8(2-11(13)3-10)5-15-6-9(4-14)7-15/h1-3,9H,4-7,14H2. The molecule has 1 aliphatic rings. The highest BCUT2D eigenvalue weighted by atomic mass is 19.1. The van der Waals surface area contributed by atoms with E-state index in [1.807, 2.05) is 0 Å². The molecule has 1 fully saturated rings. The lowest BCUT2D eigenvalue weighted by Gasteiger charge is -2.38. The van der Waals surface area contributed by atoms with Crippen LogP contribution in [0.25, 0.3) is 0 Å². The summed E-state index contributed by atoms with van der Waals surface area (Å²) in [5.41, 5.74) is 6.17. The predicted molar refractivity (Wildman–Crippen MR) is 54.2 cm³/mol. The number of likely N-dealkylation sites (tertiary alicyclic amines) is 1. The van der Waals surface area contributed by atoms with Gasteiger partial charge >= 0.3 is 0 Å². The molecule has 0 atom stereocenters. The second-order valence-electron chi connectivity index (χ2n) is 4.07. The van der Waals surface area contributed by atoms with Gasteiger partial charge < -0.3 is 5.73 Å². The zero-order valence-electron chi connectivity index (χ0n) is 8.42. The summed E-state index contributed by atoms with van der Waals surface area (Å²) in [7, 11) is 0. The van der Waals surface area contributed by atoms with Crippen LogP contribution in [0.15, 0.2) is 18.2 Å². The average molecular weight is 212 g/mol. The van der Waals surface area contributed by atoms with Crippen LogP contribution in [0.3, 0.4) is 0 Å². The minimum Gasteiger partial charge on any atom is -0.330 e. The van der Waals surface area contributed by atoms with E-state index < -0.39 is 11.6 Å². The number of nitrogens with zero attached hydrogens (tertiary/aromatic N) is 1. The molecule has 0 radical (unpaired) electrons. The quantitative estimate of drug-likeness (QED) is 0.819. The Kier molecular flexibility index (Phi) is 2.98. The van der Waals surface area contributed by atoms with E-state index in [1.54, 1.807) is 0 Å². The number of halogens is 2. The third-order valence-electron chi connectivity index (χ3n) is 2.69. The molecule has 1 aliphatic heterocycles. The van der Waals surface area contributed by atoms with Gasteiger partial charge in [0.05, 0.1) is 0 Å². The molecular formula is C11H14F2N2. The first-order valence-electron chi connectivity index (χ1n) is 5.05. The van der Waals surface area contributed by atoms with Crippen molar-refractivity contribution >= 4 is 0 Å². The molecule has 2 nitrogen and oxygen atoms in total. The molecule has 82 valence electrons. The first-order chi connectivity index (χ1) is 7.17. The monoisotopic (exact) mass is 212 g/mol. The van der Waals surface area contributed by atoms with E-state index in [0.717, 1.165) is 19.2 Å². The summed E-state index contributed by atoms with van der Waals surface area (Å²) < 4.78 is 25.7. The maximum absolute atomic E-state index is 12.9. The number of hydrogen-bond acceptors (Lipinski definition) is 2. The van der Waals surface area contributed by atoms with E-state index in [2.05, 4.69) is 4.90 Å². The van der Waals surface area contributed by atoms with Crippen molar-refractivity contribution in [1.29, 1.82) is 0 Å². The number of hydrogen-bond donors (Lipinski definition) is 1. The molecule has 0 spiro atoms. The third-order valence-corrected chi connectivity index (χ3v) is 2.69. The van der Waals surface area contributed by atoms with Gasteiger partial charge in [-0.2, -0.15) is 0 Å². The molecular weight excluding hydrogens is 198 g/mol. The largest absolute Gasteiger partial charge is 0.330 e. The highest BCUT2D eigenvalue weighted by Gasteiger charge is 2.25. The summed E-state index contributed by atoms with van der Waals surface area (Å²) in [6.45, 7) is 3.14. The molecule has 1 aromatic carbocycles. The van der Waals surface area contributed by atoms with Gasteiger partial charge in [0.1, 0.15) is 11.6 Å². The van der Waals surface area contributed by atoms with Gasteiger partial charge in [0.2, 0.25) is 0 Å². The van der Waals surface area contributed by atoms with Gasteiger partial charge in [-0.05, 0) is 30.2 Å². The lowest BCUT2D eigenvalue weighted by Crippen LogP contribution is -2.49. The van der Waals surface area contributed by atoms with Crippen molar-refractivity contribution in [2.45, 2.75) is 6.54 Å². The van der Waals surface area contributed by atoms with Crippen LogP contribution in [-0.2, 0) is 6.54 Å². The maximum Gasteiger partial charge on any atom is 0.126 e. The fraction of sp³-hybridized carbons (Fsp3) is 0.455. The van der Waals surface area contributed by atoms with Crippen LogP contribution in [0.2, 0.25) is 0 Å². The van der Waals surface area contributed by atoms with Gasteiger partial charge in [-0.1, -0.05) is 0 Å². The topological polar surface area (TPSA) is 29.3 Å². The molecule has 15 heavy (non-hydrogen) atoms. The van der Waals surface area contributed by atoms with Gasteiger partial charge in [0.25, 0.3) is 0 Å². The van der Waals surface area contributed by atoms with Crippen molar-refractivity contribution in [2.24, 2.45) is 11.7 Å². The lowest BCUT2D eigenvalue weighted by atomic mass is 9.99. The molecule has 2 rings (SSSR count). The molecule has 1 aromatic rings. The molecule has 4 heteroatoms. The van der Waals surface area contributed by atoms with Gasteiger partial charge in [-0.25, -0.2) is 8.78 Å². The summed E-state index contributed by atoms with van der Waals surface area (Å²) in [4.78, 5) is 2.13. The normalized spacial score (nSPS) is 17.8. The zero-order valence-corrected chi connectivity index (χ0v) is 8.42. The van der Waals surface area contributed by atoms with Crippen LogP contribution in [0, 0.1) is 17.6 Å². The molecule has 0 amide bonds. The van der Waals surface area contributed by atoms with Crippen molar-refractivity contribution in [1.82, 2.24) is 4.90 Å². The van der Waals surface area contributed by atoms with Crippen LogP contribution in [-0.4, -0.2) is 24.5 Å². The van der Waals surface area contributed by atoms with E-state index in [0.29, 0.717) is 24.6 Å². The highest BCUT2D eigenvalue weighted by Crippen LogP contribution is 2.18. The SMILES string of the molecule is NCC1CN(Cc2cc(F)cc(F)c2)C1. The first kappa shape index (κ1) is 10.5. The van der Waals surface area contributed by atoms with Crippen molar-refractivity contribution in [3.63, 3.8) is 0 Å². The van der Waals surface area contributed by atoms with Crippen molar-refractivity contribution in [3.8, 4) is 0 Å². The van der Waals surface area contributed by atoms with E-state index in [4.69, 9.17) is 5.73 Å². The van der Waals surface area contributed by atoms with E-state index >= 15 is 0 Å². The number of benzene rings is 1. The second-order valence-corrected chi connectivity index (χ2v) is 4.07. The smallest absolute Gasteiger partial charge is 0.126 e. The summed E-state index contributed by atoms with van der Waals surface area (Å²) in [5, 5.41) is 0. The minimum absolute atomic E-state index is 0.513. The van der Waals surface area contributed by atoms with E-state index in [9.17, 15) is 8.78 Å². The Hall–Kier alpha value is -1.00. The van der Waals surface area contributed by atoms with Gasteiger partial charge in [0, 0.05) is 25.7 Å². The molecule has 0 unspecified atom stereocenters. The fourth-order valence-electron chi connectivity index (χ4n) is 1.92. The van der Waals surface area contributed by atoms with Crippen LogP contribution < -0.4 is 5.73 Å². The van der Waals surface area contributed by atoms with Gasteiger partial charge in [-0.3, -0.25) is 4.90 Å². The second kappa shape index (κ2) is 4.24. The van der Waals surface area contributed by atoms with E-state index in [1.165, 1.54) is 12.1 Å². The summed E-state index contributed by atoms with van der Waals surface area (Å²) >= 11 is 0. The fourth-order valence-corrected chi connectivity index (χ4v) is 1.92. The predicted octanol–water partition coefficient (Wildman–Crippen LogP) is 1.36. The Morgan fingerprint density at radius 3 is 2.33 bits per heavy atom. The zero-order chi connectivity index (χ0) is 10.8. The molecule has 0 saturated carbocycles. The molecule has 0 bridgehead atoms. The van der Waals surface area contributed by atoms with Crippen molar-refractivity contribution in [3.05, 3.63) is 35.4 Å². The molecule has 1 heterocycles. The summed E-state index contributed by atoms with van der Waals surface area (Å²) in [6.07, 6.45) is 0. The summed E-state index contributed by atoms with van der Waals surface area (Å²) in [6, 6.07) is 3.64. The Balaban J connectivity index is 1.94. The number of nitrogens with two attached hydrogens (primary N) is 1. The van der Waals surface area contributed by atoms with Crippen molar-refractivity contribution in [2.75, 3.05) is 19.6 Å². The molecule has 0 aliphatic carbocycles. The maximum atomic E-state index is 12.9. The highest BCUT2D eigenvalue weighted by molar-refractivity contribution is 5.18.